The van der Waals surface area contributed by atoms with Crippen LogP contribution in [0.15, 0.2) is 30.6 Å². The first-order valence-electron chi connectivity index (χ1n) is 7.27. The highest BCUT2D eigenvalue weighted by Gasteiger charge is 2.45. The lowest BCUT2D eigenvalue weighted by atomic mass is 9.92. The Morgan fingerprint density at radius 1 is 1.41 bits per heavy atom. The molecule has 0 radical (unpaired) electrons. The van der Waals surface area contributed by atoms with Crippen LogP contribution in [0.2, 0.25) is 0 Å². The molecule has 2 saturated heterocycles. The molecule has 22 heavy (non-hydrogen) atoms. The van der Waals surface area contributed by atoms with Crippen LogP contribution in [0, 0.1) is 0 Å². The van der Waals surface area contributed by atoms with Gasteiger partial charge in [0.1, 0.15) is 9.88 Å². The van der Waals surface area contributed by atoms with Crippen molar-refractivity contribution in [1.29, 1.82) is 0 Å². The first kappa shape index (κ1) is 13.8. The number of hydrogen-bond donors (Lipinski definition) is 2. The molecule has 7 heteroatoms. The Hall–Kier alpha value is -1.83. The molecule has 2 aliphatic rings. The number of nitrogens with zero attached hydrogens (tertiary/aromatic N) is 2. The van der Waals surface area contributed by atoms with E-state index >= 15 is 0 Å². The molecule has 2 aromatic rings. The maximum absolute atomic E-state index is 12.3. The first-order valence-corrected chi connectivity index (χ1v) is 8.09. The minimum Gasteiger partial charge on any atom is -0.370 e. The van der Waals surface area contributed by atoms with Crippen LogP contribution in [0.3, 0.4) is 0 Å². The second kappa shape index (κ2) is 5.42. The zero-order valence-electron chi connectivity index (χ0n) is 11.9. The Labute approximate surface area is 131 Å². The van der Waals surface area contributed by atoms with Crippen LogP contribution in [0.4, 0.5) is 0 Å². The molecule has 6 nitrogen and oxygen atoms in total. The van der Waals surface area contributed by atoms with E-state index in [0.29, 0.717) is 11.5 Å². The van der Waals surface area contributed by atoms with Gasteiger partial charge in [-0.1, -0.05) is 6.07 Å². The zero-order chi connectivity index (χ0) is 15.0. The lowest BCUT2D eigenvalue weighted by molar-refractivity contribution is -0.0360. The van der Waals surface area contributed by atoms with Crippen molar-refractivity contribution in [3.8, 4) is 10.7 Å². The molecular weight excluding hydrogens is 300 g/mol. The van der Waals surface area contributed by atoms with Crippen LogP contribution >= 0.6 is 11.3 Å². The van der Waals surface area contributed by atoms with E-state index in [1.165, 1.54) is 11.3 Å². The van der Waals surface area contributed by atoms with Crippen LogP contribution < -0.4 is 10.6 Å². The van der Waals surface area contributed by atoms with Gasteiger partial charge in [0.15, 0.2) is 0 Å². The normalized spacial score (nSPS) is 22.5. The maximum atomic E-state index is 12.3. The third-order valence-corrected chi connectivity index (χ3v) is 5.07. The van der Waals surface area contributed by atoms with Gasteiger partial charge in [-0.05, 0) is 12.1 Å². The van der Waals surface area contributed by atoms with Gasteiger partial charge < -0.3 is 15.4 Å². The fourth-order valence-electron chi connectivity index (χ4n) is 2.83. The molecule has 114 valence electrons. The average molecular weight is 316 g/mol. The Kier molecular flexibility index (Phi) is 3.40. The fraction of sp³-hybridized carbons (Fsp3) is 0.400. The van der Waals surface area contributed by atoms with Gasteiger partial charge in [0.2, 0.25) is 0 Å². The number of thiazole rings is 1. The molecule has 4 rings (SSSR count). The number of carbonyl (C=O) groups excluding carboxylic acids is 1. The number of rotatable bonds is 3. The second-order valence-corrected chi connectivity index (χ2v) is 6.75. The Bertz CT molecular complexity index is 684. The summed E-state index contributed by atoms with van der Waals surface area (Å²) in [6.07, 6.45) is 4.20. The topological polar surface area (TPSA) is 76.1 Å². The molecule has 0 aromatic carbocycles. The predicted molar refractivity (Wildman–Crippen MR) is 82.8 cm³/mol. The van der Waals surface area contributed by atoms with Crippen molar-refractivity contribution in [3.63, 3.8) is 0 Å². The van der Waals surface area contributed by atoms with Gasteiger partial charge >= 0.3 is 0 Å². The van der Waals surface area contributed by atoms with E-state index in [-0.39, 0.29) is 17.6 Å². The molecule has 1 atom stereocenters. The van der Waals surface area contributed by atoms with E-state index in [1.807, 2.05) is 18.2 Å². The molecule has 2 aromatic heterocycles. The number of carbonyl (C=O) groups is 1. The quantitative estimate of drug-likeness (QED) is 0.886. The number of ether oxygens (including phenoxy) is 1. The predicted octanol–water partition coefficient (Wildman–Crippen LogP) is 1.07. The molecule has 0 saturated carbocycles. The van der Waals surface area contributed by atoms with Crippen molar-refractivity contribution in [2.75, 3.05) is 19.7 Å². The van der Waals surface area contributed by atoms with Gasteiger partial charge in [-0.25, -0.2) is 4.98 Å². The molecule has 0 aliphatic carbocycles. The van der Waals surface area contributed by atoms with Gasteiger partial charge in [-0.3, -0.25) is 9.78 Å². The van der Waals surface area contributed by atoms with Crippen molar-refractivity contribution in [2.24, 2.45) is 0 Å². The molecule has 2 aliphatic heterocycles. The van der Waals surface area contributed by atoms with E-state index in [1.54, 1.807) is 12.4 Å². The molecular formula is C15H16N4O2S. The van der Waals surface area contributed by atoms with Gasteiger partial charge in [-0.15, -0.1) is 11.3 Å². The SMILES string of the molecule is O=C(NC1COC2(CNC2)C1)c1cnc(-c2ccccn2)s1. The number of amides is 1. The summed E-state index contributed by atoms with van der Waals surface area (Å²) in [6, 6.07) is 5.73. The Morgan fingerprint density at radius 2 is 2.32 bits per heavy atom. The highest BCUT2D eigenvalue weighted by atomic mass is 32.1. The minimum absolute atomic E-state index is 0.0508. The van der Waals surface area contributed by atoms with Crippen molar-refractivity contribution in [1.82, 2.24) is 20.6 Å². The van der Waals surface area contributed by atoms with E-state index in [4.69, 9.17) is 4.74 Å². The minimum atomic E-state index is -0.0855. The van der Waals surface area contributed by atoms with Crippen molar-refractivity contribution >= 4 is 17.2 Å². The second-order valence-electron chi connectivity index (χ2n) is 5.72. The van der Waals surface area contributed by atoms with Crippen LogP contribution in [0.5, 0.6) is 0 Å². The number of aromatic nitrogens is 2. The molecule has 2 fully saturated rings. The van der Waals surface area contributed by atoms with E-state index in [9.17, 15) is 4.79 Å². The van der Waals surface area contributed by atoms with Gasteiger partial charge in [0.25, 0.3) is 5.91 Å². The highest BCUT2D eigenvalue weighted by molar-refractivity contribution is 7.16. The lowest BCUT2D eigenvalue weighted by Gasteiger charge is -2.38. The molecule has 2 N–H and O–H groups in total. The maximum Gasteiger partial charge on any atom is 0.263 e. The van der Waals surface area contributed by atoms with Gasteiger partial charge in [0, 0.05) is 25.7 Å². The summed E-state index contributed by atoms with van der Waals surface area (Å²) in [6.45, 7) is 2.34. The number of pyridine rings is 1. The van der Waals surface area contributed by atoms with Crippen LogP contribution in [0.25, 0.3) is 10.7 Å². The number of nitrogens with one attached hydrogen (secondary N) is 2. The standard InChI is InChI=1S/C15H16N4O2S/c20-13(19-10-5-15(21-7-10)8-16-9-15)12-6-18-14(22-12)11-3-1-2-4-17-11/h1-4,6,10,16H,5,7-9H2,(H,19,20). The van der Waals surface area contributed by atoms with Crippen LogP contribution in [-0.2, 0) is 4.74 Å². The monoisotopic (exact) mass is 316 g/mol. The van der Waals surface area contributed by atoms with Crippen molar-refractivity contribution < 1.29 is 9.53 Å². The fourth-order valence-corrected chi connectivity index (χ4v) is 3.63. The lowest BCUT2D eigenvalue weighted by Crippen LogP contribution is -2.59. The van der Waals surface area contributed by atoms with Crippen molar-refractivity contribution in [3.05, 3.63) is 35.5 Å². The third kappa shape index (κ3) is 2.51. The zero-order valence-corrected chi connectivity index (χ0v) is 12.7. The molecule has 1 unspecified atom stereocenters. The molecule has 1 spiro atoms. The Morgan fingerprint density at radius 3 is 3.00 bits per heavy atom. The molecule has 0 bridgehead atoms. The third-order valence-electron chi connectivity index (χ3n) is 4.05. The summed E-state index contributed by atoms with van der Waals surface area (Å²) in [4.78, 5) is 21.5. The summed E-state index contributed by atoms with van der Waals surface area (Å²) in [5, 5.41) is 7.02. The van der Waals surface area contributed by atoms with E-state index in [2.05, 4.69) is 20.6 Å². The summed E-state index contributed by atoms with van der Waals surface area (Å²) in [5.74, 6) is -0.0855. The van der Waals surface area contributed by atoms with Crippen LogP contribution in [0.1, 0.15) is 16.1 Å². The average Bonchev–Trinajstić information content (AvgIpc) is 3.15. The smallest absolute Gasteiger partial charge is 0.263 e. The largest absolute Gasteiger partial charge is 0.370 e. The summed E-state index contributed by atoms with van der Waals surface area (Å²) in [5.41, 5.74) is 0.736. The molecule has 4 heterocycles. The van der Waals surface area contributed by atoms with E-state index < -0.39 is 0 Å². The van der Waals surface area contributed by atoms with Crippen LogP contribution in [-0.4, -0.2) is 47.2 Å². The summed E-state index contributed by atoms with van der Waals surface area (Å²) in [7, 11) is 0. The summed E-state index contributed by atoms with van der Waals surface area (Å²) < 4.78 is 5.80. The highest BCUT2D eigenvalue weighted by Crippen LogP contribution is 2.30. The first-order chi connectivity index (χ1) is 10.7. The van der Waals surface area contributed by atoms with Gasteiger partial charge in [-0.2, -0.15) is 0 Å². The van der Waals surface area contributed by atoms with Crippen molar-refractivity contribution in [2.45, 2.75) is 18.1 Å². The van der Waals surface area contributed by atoms with E-state index in [0.717, 1.165) is 30.2 Å². The summed E-state index contributed by atoms with van der Waals surface area (Å²) >= 11 is 1.36. The Balaban J connectivity index is 1.42. The van der Waals surface area contributed by atoms with Gasteiger partial charge in [0.05, 0.1) is 30.1 Å². The number of hydrogen-bond acceptors (Lipinski definition) is 6. The molecule has 1 amide bonds.